The number of hydrogen-bond donors (Lipinski definition) is 3. The summed E-state index contributed by atoms with van der Waals surface area (Å²) < 4.78 is 6.03. The number of amides is 2. The van der Waals surface area contributed by atoms with Crippen molar-refractivity contribution in [1.29, 1.82) is 0 Å². The summed E-state index contributed by atoms with van der Waals surface area (Å²) in [4.78, 5) is 32.3. The van der Waals surface area contributed by atoms with Gasteiger partial charge in [0.05, 0.1) is 17.5 Å². The average molecular weight is 505 g/mol. The van der Waals surface area contributed by atoms with Gasteiger partial charge in [0, 0.05) is 34.8 Å². The molecule has 1 unspecified atom stereocenters. The predicted molar refractivity (Wildman–Crippen MR) is 143 cm³/mol. The molecule has 3 N–H and O–H groups in total. The first-order valence-corrected chi connectivity index (χ1v) is 12.9. The predicted octanol–water partition coefficient (Wildman–Crippen LogP) is 4.38. The fourth-order valence-electron chi connectivity index (χ4n) is 5.12. The number of para-hydroxylation sites is 1. The van der Waals surface area contributed by atoms with Gasteiger partial charge in [-0.05, 0) is 83.0 Å². The number of hydrogen-bond acceptors (Lipinski definition) is 6. The van der Waals surface area contributed by atoms with Crippen LogP contribution in [0.2, 0.25) is 0 Å². The number of nitrogens with one attached hydrogen (secondary N) is 2. The van der Waals surface area contributed by atoms with E-state index in [1.807, 2.05) is 37.3 Å². The van der Waals surface area contributed by atoms with Crippen LogP contribution >= 0.6 is 0 Å². The molecule has 0 saturated carbocycles. The summed E-state index contributed by atoms with van der Waals surface area (Å²) in [6, 6.07) is 17.4. The van der Waals surface area contributed by atoms with Crippen LogP contribution in [0, 0.1) is 6.92 Å². The molecule has 2 aromatic carbocycles. The fourth-order valence-corrected chi connectivity index (χ4v) is 5.12. The van der Waals surface area contributed by atoms with E-state index < -0.39 is 11.4 Å². The highest BCUT2D eigenvalue weighted by Gasteiger charge is 2.37. The Morgan fingerprint density at radius 3 is 2.59 bits per heavy atom. The zero-order valence-electron chi connectivity index (χ0n) is 21.8. The monoisotopic (exact) mass is 504 g/mol. The molecule has 1 aromatic heterocycles. The van der Waals surface area contributed by atoms with Gasteiger partial charge in [-0.2, -0.15) is 0 Å². The Kier molecular flexibility index (Phi) is 8.41. The lowest BCUT2D eigenvalue weighted by atomic mass is 9.86. The third kappa shape index (κ3) is 6.64. The van der Waals surface area contributed by atoms with E-state index in [0.717, 1.165) is 41.7 Å². The van der Waals surface area contributed by atoms with E-state index in [2.05, 4.69) is 29.0 Å². The first kappa shape index (κ1) is 26.6. The van der Waals surface area contributed by atoms with Crippen LogP contribution in [0.1, 0.15) is 61.1 Å². The van der Waals surface area contributed by atoms with Crippen molar-refractivity contribution in [2.45, 2.75) is 64.6 Å². The number of carbonyl (C=O) groups excluding carboxylic acids is 2. The van der Waals surface area contributed by atoms with Gasteiger partial charge in [-0.25, -0.2) is 5.48 Å². The van der Waals surface area contributed by atoms with E-state index in [4.69, 9.17) is 9.94 Å². The summed E-state index contributed by atoms with van der Waals surface area (Å²) >= 11 is 0. The molecule has 2 heterocycles. The van der Waals surface area contributed by atoms with Gasteiger partial charge in [0.2, 0.25) is 5.91 Å². The lowest BCUT2D eigenvalue weighted by Crippen LogP contribution is -2.51. The van der Waals surface area contributed by atoms with Crippen LogP contribution in [0.4, 0.5) is 0 Å². The molecule has 1 fully saturated rings. The number of aryl methyl sites for hydroxylation is 1. The van der Waals surface area contributed by atoms with E-state index in [-0.39, 0.29) is 12.3 Å². The molecule has 0 spiro atoms. The molecule has 1 aliphatic rings. The molecule has 0 radical (unpaired) electrons. The SMILES string of the molecule is Cc1cc(COc2ccc(C(=O)NC3(CC(=O)NO)CCCN(C(C)C)CC3)cc2)c2ccccc2n1. The minimum Gasteiger partial charge on any atom is -0.489 e. The van der Waals surface area contributed by atoms with Crippen molar-refractivity contribution in [3.05, 3.63) is 71.4 Å². The zero-order chi connectivity index (χ0) is 26.4. The molecule has 8 nitrogen and oxygen atoms in total. The third-order valence-electron chi connectivity index (χ3n) is 7.15. The lowest BCUT2D eigenvalue weighted by Gasteiger charge is -2.33. The number of ether oxygens (including phenoxy) is 1. The van der Waals surface area contributed by atoms with Crippen LogP contribution < -0.4 is 15.5 Å². The average Bonchev–Trinajstić information content (AvgIpc) is 3.10. The second-order valence-electron chi connectivity index (χ2n) is 10.2. The molecule has 1 aliphatic heterocycles. The molecule has 2 amide bonds. The summed E-state index contributed by atoms with van der Waals surface area (Å²) in [5, 5.41) is 13.3. The number of benzene rings is 2. The van der Waals surface area contributed by atoms with E-state index in [1.165, 1.54) is 0 Å². The summed E-state index contributed by atoms with van der Waals surface area (Å²) in [6.07, 6.45) is 2.18. The fraction of sp³-hybridized carbons (Fsp3) is 0.414. The van der Waals surface area contributed by atoms with Gasteiger partial charge in [0.1, 0.15) is 12.4 Å². The second kappa shape index (κ2) is 11.7. The van der Waals surface area contributed by atoms with Crippen molar-refractivity contribution in [2.24, 2.45) is 0 Å². The number of pyridine rings is 1. The van der Waals surface area contributed by atoms with Gasteiger partial charge in [-0.3, -0.25) is 19.8 Å². The van der Waals surface area contributed by atoms with Crippen molar-refractivity contribution in [3.8, 4) is 5.75 Å². The van der Waals surface area contributed by atoms with Crippen LogP contribution in [0.5, 0.6) is 5.75 Å². The van der Waals surface area contributed by atoms with E-state index in [1.54, 1.807) is 29.7 Å². The van der Waals surface area contributed by atoms with Crippen molar-refractivity contribution in [1.82, 2.24) is 20.7 Å². The van der Waals surface area contributed by atoms with E-state index in [9.17, 15) is 9.59 Å². The number of aromatic nitrogens is 1. The molecule has 1 atom stereocenters. The van der Waals surface area contributed by atoms with Gasteiger partial charge in [-0.1, -0.05) is 18.2 Å². The van der Waals surface area contributed by atoms with Gasteiger partial charge in [0.25, 0.3) is 5.91 Å². The maximum Gasteiger partial charge on any atom is 0.251 e. The molecule has 8 heteroatoms. The molecular weight excluding hydrogens is 468 g/mol. The Labute approximate surface area is 218 Å². The number of likely N-dealkylation sites (tertiary alicyclic amines) is 1. The Hall–Kier alpha value is -3.49. The highest BCUT2D eigenvalue weighted by Crippen LogP contribution is 2.28. The maximum atomic E-state index is 13.2. The minimum absolute atomic E-state index is 0.0294. The molecule has 196 valence electrons. The van der Waals surface area contributed by atoms with Crippen molar-refractivity contribution in [3.63, 3.8) is 0 Å². The van der Waals surface area contributed by atoms with Crippen molar-refractivity contribution < 1.29 is 19.5 Å². The van der Waals surface area contributed by atoms with Gasteiger partial charge in [-0.15, -0.1) is 0 Å². The van der Waals surface area contributed by atoms with Crippen LogP contribution in [0.25, 0.3) is 10.9 Å². The molecule has 1 saturated heterocycles. The number of nitrogens with zero attached hydrogens (tertiary/aromatic N) is 2. The normalized spacial score (nSPS) is 18.4. The van der Waals surface area contributed by atoms with Crippen LogP contribution in [0.15, 0.2) is 54.6 Å². The Morgan fingerprint density at radius 1 is 1.11 bits per heavy atom. The van der Waals surface area contributed by atoms with E-state index >= 15 is 0 Å². The smallest absolute Gasteiger partial charge is 0.251 e. The number of hydroxylamine groups is 1. The highest BCUT2D eigenvalue weighted by molar-refractivity contribution is 5.95. The Bertz CT molecular complexity index is 1240. The van der Waals surface area contributed by atoms with Crippen molar-refractivity contribution in [2.75, 3.05) is 13.1 Å². The maximum absolute atomic E-state index is 13.2. The topological polar surface area (TPSA) is 104 Å². The first-order valence-electron chi connectivity index (χ1n) is 12.9. The summed E-state index contributed by atoms with van der Waals surface area (Å²) in [7, 11) is 0. The second-order valence-corrected chi connectivity index (χ2v) is 10.2. The molecule has 0 bridgehead atoms. The van der Waals surface area contributed by atoms with Gasteiger partial charge < -0.3 is 15.0 Å². The number of carbonyl (C=O) groups is 2. The number of rotatable bonds is 8. The largest absolute Gasteiger partial charge is 0.489 e. The molecular formula is C29H36N4O4. The highest BCUT2D eigenvalue weighted by atomic mass is 16.5. The summed E-state index contributed by atoms with van der Waals surface area (Å²) in [6.45, 7) is 8.33. The third-order valence-corrected chi connectivity index (χ3v) is 7.15. The van der Waals surface area contributed by atoms with Gasteiger partial charge in [0.15, 0.2) is 0 Å². The quantitative estimate of drug-likeness (QED) is 0.311. The lowest BCUT2D eigenvalue weighted by molar-refractivity contribution is -0.130. The van der Waals surface area contributed by atoms with Gasteiger partial charge >= 0.3 is 0 Å². The minimum atomic E-state index is -0.719. The summed E-state index contributed by atoms with van der Waals surface area (Å²) in [5.41, 5.74) is 4.43. The van der Waals surface area contributed by atoms with Crippen LogP contribution in [0.3, 0.4) is 0 Å². The first-order chi connectivity index (χ1) is 17.8. The molecule has 3 aromatic rings. The molecule has 4 rings (SSSR count). The Morgan fingerprint density at radius 2 is 1.86 bits per heavy atom. The summed E-state index contributed by atoms with van der Waals surface area (Å²) in [5.74, 6) is -0.0848. The molecule has 0 aliphatic carbocycles. The number of fused-ring (bicyclic) bond motifs is 1. The van der Waals surface area contributed by atoms with Crippen LogP contribution in [-0.4, -0.2) is 51.6 Å². The zero-order valence-corrected chi connectivity index (χ0v) is 21.8. The van der Waals surface area contributed by atoms with Crippen LogP contribution in [-0.2, 0) is 11.4 Å². The van der Waals surface area contributed by atoms with Crippen molar-refractivity contribution >= 4 is 22.7 Å². The van der Waals surface area contributed by atoms with E-state index in [0.29, 0.717) is 36.8 Å². The Balaban J connectivity index is 1.44. The molecule has 37 heavy (non-hydrogen) atoms. The standard InChI is InChI=1S/C29H36N4O4/c1-20(2)33-15-6-13-29(14-16-33,18-27(34)32-36)31-28(35)22-9-11-24(12-10-22)37-19-23-17-21(3)30-26-8-5-4-7-25(23)26/h4-5,7-12,17,20,36H,6,13-16,18-19H2,1-3H3,(H,31,35)(H,32,34).